The summed E-state index contributed by atoms with van der Waals surface area (Å²) in [5, 5.41) is 0. The van der Waals surface area contributed by atoms with Crippen molar-refractivity contribution in [2.24, 2.45) is 0 Å². The molecule has 1 saturated carbocycles. The predicted octanol–water partition coefficient (Wildman–Crippen LogP) is 5.21. The van der Waals surface area contributed by atoms with E-state index in [-0.39, 0.29) is 12.1 Å². The van der Waals surface area contributed by atoms with Crippen LogP contribution in [-0.4, -0.2) is 17.1 Å². The summed E-state index contributed by atoms with van der Waals surface area (Å²) in [6.07, 6.45) is 4.26. The molecule has 1 fully saturated rings. The smallest absolute Gasteiger partial charge is 0.338 e. The second-order valence-corrected chi connectivity index (χ2v) is 6.89. The lowest BCUT2D eigenvalue weighted by atomic mass is 10.1. The highest BCUT2D eigenvalue weighted by molar-refractivity contribution is 5.93. The maximum atomic E-state index is 12.3. The standard InChI is InChI=1S/C21H21NO3/c1-13-9-14(2)11-16(10-13)20-22-18-8-7-15(12-19(18)25-20)21(23)24-17-5-3-4-6-17/h7-12,17H,3-6H2,1-2H3. The van der Waals surface area contributed by atoms with Gasteiger partial charge in [0.15, 0.2) is 5.58 Å². The van der Waals surface area contributed by atoms with Crippen LogP contribution < -0.4 is 0 Å². The highest BCUT2D eigenvalue weighted by Crippen LogP contribution is 2.27. The second-order valence-electron chi connectivity index (χ2n) is 6.89. The number of benzene rings is 2. The van der Waals surface area contributed by atoms with Crippen LogP contribution in [0.5, 0.6) is 0 Å². The van der Waals surface area contributed by atoms with E-state index in [1.54, 1.807) is 12.1 Å². The molecule has 0 radical (unpaired) electrons. The van der Waals surface area contributed by atoms with Crippen LogP contribution in [-0.2, 0) is 4.74 Å². The van der Waals surface area contributed by atoms with Crippen molar-refractivity contribution in [2.75, 3.05) is 0 Å². The normalized spacial score (nSPS) is 15.0. The Morgan fingerprint density at radius 2 is 1.80 bits per heavy atom. The van der Waals surface area contributed by atoms with Gasteiger partial charge in [0, 0.05) is 5.56 Å². The average molecular weight is 335 g/mol. The molecule has 1 aliphatic carbocycles. The predicted molar refractivity (Wildman–Crippen MR) is 96.6 cm³/mol. The molecule has 1 aliphatic rings. The zero-order valence-electron chi connectivity index (χ0n) is 14.5. The van der Waals surface area contributed by atoms with Crippen LogP contribution in [0, 0.1) is 13.8 Å². The molecule has 0 bridgehead atoms. The highest BCUT2D eigenvalue weighted by Gasteiger charge is 2.21. The molecule has 0 unspecified atom stereocenters. The number of oxazole rings is 1. The lowest BCUT2D eigenvalue weighted by molar-refractivity contribution is 0.0318. The Morgan fingerprint density at radius 3 is 2.52 bits per heavy atom. The first-order valence-electron chi connectivity index (χ1n) is 8.79. The molecule has 4 heteroatoms. The fourth-order valence-electron chi connectivity index (χ4n) is 3.50. The fraction of sp³-hybridized carbons (Fsp3) is 0.333. The van der Waals surface area contributed by atoms with Gasteiger partial charge in [-0.25, -0.2) is 9.78 Å². The number of esters is 1. The molecule has 4 nitrogen and oxygen atoms in total. The van der Waals surface area contributed by atoms with Gasteiger partial charge in [0.05, 0.1) is 5.56 Å². The fourth-order valence-corrected chi connectivity index (χ4v) is 3.50. The molecule has 128 valence electrons. The summed E-state index contributed by atoms with van der Waals surface area (Å²) in [5.74, 6) is 0.293. The summed E-state index contributed by atoms with van der Waals surface area (Å²) in [6.45, 7) is 4.10. The van der Waals surface area contributed by atoms with E-state index >= 15 is 0 Å². The van der Waals surface area contributed by atoms with Gasteiger partial charge in [-0.3, -0.25) is 0 Å². The third kappa shape index (κ3) is 3.29. The minimum absolute atomic E-state index is 0.0590. The molecule has 0 spiro atoms. The van der Waals surface area contributed by atoms with Crippen LogP contribution in [0.3, 0.4) is 0 Å². The van der Waals surface area contributed by atoms with Crippen LogP contribution in [0.15, 0.2) is 40.8 Å². The molecule has 0 amide bonds. The Hall–Kier alpha value is -2.62. The lowest BCUT2D eigenvalue weighted by Gasteiger charge is -2.10. The van der Waals surface area contributed by atoms with Crippen LogP contribution in [0.4, 0.5) is 0 Å². The van der Waals surface area contributed by atoms with Gasteiger partial charge < -0.3 is 9.15 Å². The van der Waals surface area contributed by atoms with E-state index in [1.807, 2.05) is 18.2 Å². The zero-order chi connectivity index (χ0) is 17.4. The molecule has 0 aliphatic heterocycles. The molecule has 0 atom stereocenters. The Balaban J connectivity index is 1.63. The largest absolute Gasteiger partial charge is 0.459 e. The molecule has 25 heavy (non-hydrogen) atoms. The van der Waals surface area contributed by atoms with Gasteiger partial charge in [0.1, 0.15) is 11.6 Å². The number of aromatic nitrogens is 1. The number of rotatable bonds is 3. The maximum Gasteiger partial charge on any atom is 0.338 e. The molecule has 3 aromatic rings. The summed E-state index contributed by atoms with van der Waals surface area (Å²) in [5.41, 5.74) is 5.14. The number of hydrogen-bond acceptors (Lipinski definition) is 4. The molecular weight excluding hydrogens is 314 g/mol. The number of ether oxygens (including phenoxy) is 1. The van der Waals surface area contributed by atoms with E-state index < -0.39 is 0 Å². The number of aryl methyl sites for hydroxylation is 2. The molecule has 0 saturated heterocycles. The molecule has 1 heterocycles. The number of hydrogen-bond donors (Lipinski definition) is 0. The molecule has 1 aromatic heterocycles. The Labute approximate surface area is 146 Å². The Bertz CT molecular complexity index is 915. The number of fused-ring (bicyclic) bond motifs is 1. The number of carbonyl (C=O) groups is 1. The first kappa shape index (κ1) is 15.9. The van der Waals surface area contributed by atoms with Gasteiger partial charge in [0.25, 0.3) is 0 Å². The van der Waals surface area contributed by atoms with E-state index in [0.717, 1.165) is 47.9 Å². The van der Waals surface area contributed by atoms with E-state index in [1.165, 1.54) is 0 Å². The summed E-state index contributed by atoms with van der Waals surface area (Å²) in [7, 11) is 0. The van der Waals surface area contributed by atoms with Crippen molar-refractivity contribution < 1.29 is 13.9 Å². The highest BCUT2D eigenvalue weighted by atomic mass is 16.5. The van der Waals surface area contributed by atoms with Gasteiger partial charge >= 0.3 is 5.97 Å². The van der Waals surface area contributed by atoms with Crippen LogP contribution in [0.25, 0.3) is 22.6 Å². The summed E-state index contributed by atoms with van der Waals surface area (Å²) in [4.78, 5) is 16.9. The van der Waals surface area contributed by atoms with Gasteiger partial charge in [-0.1, -0.05) is 17.2 Å². The minimum Gasteiger partial charge on any atom is -0.459 e. The van der Waals surface area contributed by atoms with Crippen molar-refractivity contribution in [2.45, 2.75) is 45.6 Å². The third-order valence-corrected chi connectivity index (χ3v) is 4.67. The van der Waals surface area contributed by atoms with Gasteiger partial charge in [-0.2, -0.15) is 0 Å². The van der Waals surface area contributed by atoms with Crippen molar-refractivity contribution in [3.63, 3.8) is 0 Å². The SMILES string of the molecule is Cc1cc(C)cc(-c2nc3ccc(C(=O)OC4CCCC4)cc3o2)c1. The zero-order valence-corrected chi connectivity index (χ0v) is 14.5. The van der Waals surface area contributed by atoms with E-state index in [9.17, 15) is 4.79 Å². The van der Waals surface area contributed by atoms with E-state index in [0.29, 0.717) is 17.0 Å². The molecular formula is C21H21NO3. The molecule has 2 aromatic carbocycles. The van der Waals surface area contributed by atoms with E-state index in [4.69, 9.17) is 9.15 Å². The van der Waals surface area contributed by atoms with Crippen molar-refractivity contribution in [3.05, 3.63) is 53.1 Å². The Kier molecular flexibility index (Phi) is 4.04. The van der Waals surface area contributed by atoms with Gasteiger partial charge in [-0.15, -0.1) is 0 Å². The van der Waals surface area contributed by atoms with Crippen LogP contribution >= 0.6 is 0 Å². The van der Waals surface area contributed by atoms with Crippen LogP contribution in [0.2, 0.25) is 0 Å². The first-order chi connectivity index (χ1) is 12.1. The third-order valence-electron chi connectivity index (χ3n) is 4.67. The van der Waals surface area contributed by atoms with E-state index in [2.05, 4.69) is 24.9 Å². The lowest BCUT2D eigenvalue weighted by Crippen LogP contribution is -2.14. The van der Waals surface area contributed by atoms with Crippen molar-refractivity contribution in [1.29, 1.82) is 0 Å². The quantitative estimate of drug-likeness (QED) is 0.616. The van der Waals surface area contributed by atoms with Crippen LogP contribution in [0.1, 0.15) is 47.2 Å². The van der Waals surface area contributed by atoms with Crippen molar-refractivity contribution in [1.82, 2.24) is 4.98 Å². The number of carbonyl (C=O) groups excluding carboxylic acids is 1. The average Bonchev–Trinajstić information content (AvgIpc) is 3.22. The maximum absolute atomic E-state index is 12.3. The Morgan fingerprint density at radius 1 is 1.08 bits per heavy atom. The molecule has 4 rings (SSSR count). The van der Waals surface area contributed by atoms with Crippen molar-refractivity contribution >= 4 is 17.1 Å². The number of nitrogens with zero attached hydrogens (tertiary/aromatic N) is 1. The second kappa shape index (κ2) is 6.36. The monoisotopic (exact) mass is 335 g/mol. The molecule has 0 N–H and O–H groups in total. The van der Waals surface area contributed by atoms with Gasteiger partial charge in [-0.05, 0) is 69.9 Å². The summed E-state index contributed by atoms with van der Waals surface area (Å²) >= 11 is 0. The first-order valence-corrected chi connectivity index (χ1v) is 8.79. The van der Waals surface area contributed by atoms with Crippen molar-refractivity contribution in [3.8, 4) is 11.5 Å². The topological polar surface area (TPSA) is 52.3 Å². The van der Waals surface area contributed by atoms with Gasteiger partial charge in [0.2, 0.25) is 5.89 Å². The minimum atomic E-state index is -0.279. The summed E-state index contributed by atoms with van der Waals surface area (Å²) in [6, 6.07) is 11.5. The summed E-state index contributed by atoms with van der Waals surface area (Å²) < 4.78 is 11.5.